The Morgan fingerprint density at radius 3 is 2.33 bits per heavy atom. The topological polar surface area (TPSA) is 64.3 Å². The Kier molecular flexibility index (Phi) is 3.92. The quantitative estimate of drug-likeness (QED) is 0.694. The van der Waals surface area contributed by atoms with Gasteiger partial charge in [-0.3, -0.25) is 0 Å². The van der Waals surface area contributed by atoms with Gasteiger partial charge in [0.25, 0.3) is 0 Å². The molecule has 0 unspecified atom stereocenters. The molecule has 0 atom stereocenters. The van der Waals surface area contributed by atoms with Crippen LogP contribution in [0.15, 0.2) is 46.3 Å². The van der Waals surface area contributed by atoms with Crippen molar-refractivity contribution in [2.75, 3.05) is 0 Å². The van der Waals surface area contributed by atoms with Crippen molar-refractivity contribution in [2.45, 2.75) is 42.9 Å². The smallest absolute Gasteiger partial charge is 0.209 e. The molecular formula is C17H18ClN3O2S. The maximum atomic E-state index is 12.9. The lowest BCUT2D eigenvalue weighted by Crippen LogP contribution is -2.13. The molecule has 2 heterocycles. The SMILES string of the molecule is Cc1c(S(=O)(=O)c2ccc(Cl)cc2)cnc2cc(C(C)(C)C)nn12. The van der Waals surface area contributed by atoms with Crippen LogP contribution in [-0.2, 0) is 15.3 Å². The molecule has 0 N–H and O–H groups in total. The lowest BCUT2D eigenvalue weighted by molar-refractivity contribution is 0.560. The van der Waals surface area contributed by atoms with E-state index in [4.69, 9.17) is 11.6 Å². The van der Waals surface area contributed by atoms with E-state index in [9.17, 15) is 8.42 Å². The van der Waals surface area contributed by atoms with Crippen LogP contribution in [0.3, 0.4) is 0 Å². The maximum absolute atomic E-state index is 12.9. The van der Waals surface area contributed by atoms with Crippen molar-refractivity contribution in [2.24, 2.45) is 0 Å². The molecule has 0 aliphatic carbocycles. The van der Waals surface area contributed by atoms with Crippen LogP contribution in [0.1, 0.15) is 32.2 Å². The standard InChI is InChI=1S/C17H18ClN3O2S/c1-11-14(24(22,23)13-7-5-12(18)6-8-13)10-19-16-9-15(17(2,3)4)20-21(11)16/h5-10H,1-4H3. The number of aromatic nitrogens is 3. The first-order chi connectivity index (χ1) is 11.1. The third-order valence-corrected chi connectivity index (χ3v) is 5.99. The summed E-state index contributed by atoms with van der Waals surface area (Å²) in [5.74, 6) is 0. The van der Waals surface area contributed by atoms with Gasteiger partial charge in [-0.25, -0.2) is 17.9 Å². The van der Waals surface area contributed by atoms with Crippen LogP contribution in [0.2, 0.25) is 5.02 Å². The van der Waals surface area contributed by atoms with E-state index in [1.807, 2.05) is 6.07 Å². The van der Waals surface area contributed by atoms with Gasteiger partial charge >= 0.3 is 0 Å². The number of rotatable bonds is 2. The second kappa shape index (κ2) is 5.57. The van der Waals surface area contributed by atoms with Gasteiger partial charge in [0, 0.05) is 16.5 Å². The first-order valence-corrected chi connectivity index (χ1v) is 9.33. The number of nitrogens with zero attached hydrogens (tertiary/aromatic N) is 3. The molecule has 0 spiro atoms. The normalized spacial score (nSPS) is 12.7. The molecule has 0 saturated heterocycles. The predicted octanol–water partition coefficient (Wildman–Crippen LogP) is 3.82. The van der Waals surface area contributed by atoms with Crippen molar-refractivity contribution in [3.05, 3.63) is 52.9 Å². The van der Waals surface area contributed by atoms with Gasteiger partial charge in [-0.2, -0.15) is 5.10 Å². The molecule has 3 rings (SSSR count). The highest BCUT2D eigenvalue weighted by Crippen LogP contribution is 2.27. The van der Waals surface area contributed by atoms with E-state index in [-0.39, 0.29) is 15.2 Å². The summed E-state index contributed by atoms with van der Waals surface area (Å²) in [7, 11) is -3.69. The molecular weight excluding hydrogens is 346 g/mol. The van der Waals surface area contributed by atoms with Gasteiger partial charge in [0.05, 0.1) is 22.5 Å². The Balaban J connectivity index is 2.20. The molecule has 24 heavy (non-hydrogen) atoms. The summed E-state index contributed by atoms with van der Waals surface area (Å²) in [5, 5.41) is 5.02. The van der Waals surface area contributed by atoms with E-state index in [1.54, 1.807) is 23.6 Å². The van der Waals surface area contributed by atoms with Gasteiger partial charge in [0.1, 0.15) is 4.90 Å². The minimum atomic E-state index is -3.69. The van der Waals surface area contributed by atoms with Crippen molar-refractivity contribution in [3.8, 4) is 0 Å². The second-order valence-corrected chi connectivity index (χ2v) is 9.07. The zero-order chi connectivity index (χ0) is 17.7. The van der Waals surface area contributed by atoms with Gasteiger partial charge in [-0.1, -0.05) is 32.4 Å². The summed E-state index contributed by atoms with van der Waals surface area (Å²) >= 11 is 5.84. The summed E-state index contributed by atoms with van der Waals surface area (Å²) in [6, 6.07) is 7.98. The van der Waals surface area contributed by atoms with Crippen LogP contribution in [0.25, 0.3) is 5.65 Å². The van der Waals surface area contributed by atoms with Crippen LogP contribution < -0.4 is 0 Å². The highest BCUT2D eigenvalue weighted by atomic mass is 35.5. The van der Waals surface area contributed by atoms with E-state index < -0.39 is 9.84 Å². The van der Waals surface area contributed by atoms with Crippen LogP contribution in [0.5, 0.6) is 0 Å². The fraction of sp³-hybridized carbons (Fsp3) is 0.294. The van der Waals surface area contributed by atoms with Crippen molar-refractivity contribution in [1.82, 2.24) is 14.6 Å². The first-order valence-electron chi connectivity index (χ1n) is 7.47. The van der Waals surface area contributed by atoms with E-state index in [2.05, 4.69) is 30.9 Å². The van der Waals surface area contributed by atoms with Crippen LogP contribution in [0.4, 0.5) is 0 Å². The average molecular weight is 364 g/mol. The van der Waals surface area contributed by atoms with Crippen molar-refractivity contribution in [1.29, 1.82) is 0 Å². The number of hydrogen-bond acceptors (Lipinski definition) is 4. The Bertz CT molecular complexity index is 1020. The number of fused-ring (bicyclic) bond motifs is 1. The lowest BCUT2D eigenvalue weighted by atomic mass is 9.93. The van der Waals surface area contributed by atoms with Crippen molar-refractivity contribution >= 4 is 27.1 Å². The number of hydrogen-bond donors (Lipinski definition) is 0. The molecule has 0 aliphatic heterocycles. The van der Waals surface area contributed by atoms with Gasteiger partial charge in [0.15, 0.2) is 5.65 Å². The second-order valence-electron chi connectivity index (χ2n) is 6.71. The first kappa shape index (κ1) is 16.9. The molecule has 0 aliphatic rings. The third kappa shape index (κ3) is 2.80. The van der Waals surface area contributed by atoms with Gasteiger partial charge < -0.3 is 0 Å². The summed E-state index contributed by atoms with van der Waals surface area (Å²) < 4.78 is 27.4. The van der Waals surface area contributed by atoms with E-state index >= 15 is 0 Å². The van der Waals surface area contributed by atoms with Crippen molar-refractivity contribution in [3.63, 3.8) is 0 Å². The largest absolute Gasteiger partial charge is 0.236 e. The number of aryl methyl sites for hydroxylation is 1. The molecule has 5 nitrogen and oxygen atoms in total. The van der Waals surface area contributed by atoms with Gasteiger partial charge in [-0.15, -0.1) is 0 Å². The highest BCUT2D eigenvalue weighted by Gasteiger charge is 2.24. The Labute approximate surface area is 146 Å². The zero-order valence-corrected chi connectivity index (χ0v) is 15.5. The molecule has 0 bridgehead atoms. The summed E-state index contributed by atoms with van der Waals surface area (Å²) in [5.41, 5.74) is 1.88. The van der Waals surface area contributed by atoms with E-state index in [1.165, 1.54) is 18.3 Å². The van der Waals surface area contributed by atoms with E-state index in [0.29, 0.717) is 16.4 Å². The van der Waals surface area contributed by atoms with Crippen LogP contribution >= 0.6 is 11.6 Å². The molecule has 1 aromatic carbocycles. The Morgan fingerprint density at radius 2 is 1.75 bits per heavy atom. The van der Waals surface area contributed by atoms with E-state index in [0.717, 1.165) is 5.69 Å². The zero-order valence-electron chi connectivity index (χ0n) is 13.9. The fourth-order valence-corrected chi connectivity index (χ4v) is 3.94. The summed E-state index contributed by atoms with van der Waals surface area (Å²) in [4.78, 5) is 4.60. The lowest BCUT2D eigenvalue weighted by Gasteiger charge is -2.13. The molecule has 3 aromatic rings. The Hall–Kier alpha value is -1.92. The molecule has 0 saturated carbocycles. The molecule has 126 valence electrons. The van der Waals surface area contributed by atoms with Crippen LogP contribution in [-0.4, -0.2) is 23.0 Å². The third-order valence-electron chi connectivity index (χ3n) is 3.86. The monoisotopic (exact) mass is 363 g/mol. The summed E-state index contributed by atoms with van der Waals surface area (Å²) in [6.45, 7) is 7.89. The highest BCUT2D eigenvalue weighted by molar-refractivity contribution is 7.91. The Morgan fingerprint density at radius 1 is 1.12 bits per heavy atom. The van der Waals surface area contributed by atoms with Gasteiger partial charge in [0.2, 0.25) is 9.84 Å². The molecule has 0 fully saturated rings. The van der Waals surface area contributed by atoms with Crippen molar-refractivity contribution < 1.29 is 8.42 Å². The fourth-order valence-electron chi connectivity index (χ4n) is 2.40. The predicted molar refractivity (Wildman–Crippen MR) is 93.3 cm³/mol. The molecule has 7 heteroatoms. The average Bonchev–Trinajstić information content (AvgIpc) is 2.93. The maximum Gasteiger partial charge on any atom is 0.209 e. The molecule has 0 amide bonds. The molecule has 2 aromatic heterocycles. The minimum Gasteiger partial charge on any atom is -0.236 e. The minimum absolute atomic E-state index is 0.140. The number of sulfone groups is 1. The number of benzene rings is 1. The van der Waals surface area contributed by atoms with Crippen LogP contribution in [0, 0.1) is 6.92 Å². The number of halogens is 1. The van der Waals surface area contributed by atoms with Gasteiger partial charge in [-0.05, 0) is 31.2 Å². The summed E-state index contributed by atoms with van der Waals surface area (Å²) in [6.07, 6.45) is 1.39. The molecule has 0 radical (unpaired) electrons.